The van der Waals surface area contributed by atoms with Crippen LogP contribution in [0.2, 0.25) is 0 Å². The molecule has 0 aromatic heterocycles. The molecule has 14 nitrogen and oxygen atoms in total. The number of nitriles is 1. The van der Waals surface area contributed by atoms with Gasteiger partial charge in [-0.15, -0.1) is 0 Å². The first kappa shape index (κ1) is 29.4. The van der Waals surface area contributed by atoms with Gasteiger partial charge in [-0.3, -0.25) is 28.9 Å². The van der Waals surface area contributed by atoms with E-state index in [-0.39, 0.29) is 23.1 Å². The normalized spacial score (nSPS) is 32.2. The second kappa shape index (κ2) is 9.21. The number of hydrogen-bond acceptors (Lipinski definition) is 12. The maximum atomic E-state index is 14.4. The van der Waals surface area contributed by atoms with Crippen molar-refractivity contribution in [2.45, 2.75) is 30.0 Å². The van der Waals surface area contributed by atoms with Crippen LogP contribution in [0.1, 0.15) is 27.9 Å². The Bertz CT molecular complexity index is 1580. The SMILES string of the molecule is CN(C)c1cc(C#CC(=O)O)c(O)c2c1C[C@@]1(N)C[C@@]3(N)[C@H](N(C)C)C(=O)C(C(N)=O)C(=O)[C@@]3(C#N)C(=O)C1C2=O. The third-order valence-corrected chi connectivity index (χ3v) is 8.35. The first-order valence-electron chi connectivity index (χ1n) is 12.3. The van der Waals surface area contributed by atoms with Crippen molar-refractivity contribution in [2.75, 3.05) is 33.1 Å². The number of aliphatic carboxylic acids is 1. The van der Waals surface area contributed by atoms with E-state index in [1.165, 1.54) is 25.1 Å². The molecule has 4 rings (SSSR count). The fraction of sp³-hybridized carbons (Fsp3) is 0.444. The van der Waals surface area contributed by atoms with E-state index in [1.54, 1.807) is 25.1 Å². The van der Waals surface area contributed by atoms with Gasteiger partial charge in [0.15, 0.2) is 34.5 Å². The molecule has 3 aliphatic carbocycles. The van der Waals surface area contributed by atoms with Gasteiger partial charge in [-0.2, -0.15) is 5.26 Å². The quantitative estimate of drug-likeness (QED) is 0.185. The number of hydrogen-bond donors (Lipinski definition) is 5. The summed E-state index contributed by atoms with van der Waals surface area (Å²) in [4.78, 5) is 81.8. The molecule has 41 heavy (non-hydrogen) atoms. The second-order valence-electron chi connectivity index (χ2n) is 11.2. The summed E-state index contributed by atoms with van der Waals surface area (Å²) in [6.07, 6.45) is -0.810. The number of phenols is 1. The van der Waals surface area contributed by atoms with Gasteiger partial charge >= 0.3 is 5.97 Å². The Kier molecular flexibility index (Phi) is 6.59. The summed E-state index contributed by atoms with van der Waals surface area (Å²) in [6.45, 7) is 0. The molecule has 2 unspecified atom stereocenters. The smallest absolute Gasteiger partial charge is 0.382 e. The maximum Gasteiger partial charge on any atom is 0.382 e. The highest BCUT2D eigenvalue weighted by atomic mass is 16.4. The van der Waals surface area contributed by atoms with Crippen molar-refractivity contribution >= 4 is 40.7 Å². The molecule has 0 heterocycles. The molecule has 1 aromatic rings. The van der Waals surface area contributed by atoms with E-state index in [9.17, 15) is 39.1 Å². The number of rotatable bonds is 3. The zero-order valence-electron chi connectivity index (χ0n) is 22.6. The Balaban J connectivity index is 2.06. The number of likely N-dealkylation sites (N-methyl/N-ethyl adjacent to an activating group) is 1. The van der Waals surface area contributed by atoms with Crippen molar-refractivity contribution in [1.82, 2.24) is 4.90 Å². The Morgan fingerprint density at radius 1 is 1.10 bits per heavy atom. The van der Waals surface area contributed by atoms with Gasteiger partial charge in [-0.1, -0.05) is 5.92 Å². The number of primary amides is 1. The van der Waals surface area contributed by atoms with Crippen LogP contribution in [0.25, 0.3) is 0 Å². The second-order valence-corrected chi connectivity index (χ2v) is 11.2. The average Bonchev–Trinajstić information content (AvgIpc) is 2.81. The number of aromatic hydroxyl groups is 1. The van der Waals surface area contributed by atoms with Crippen LogP contribution in [0, 0.1) is 40.4 Å². The van der Waals surface area contributed by atoms with Gasteiger partial charge in [-0.25, -0.2) is 4.79 Å². The highest BCUT2D eigenvalue weighted by molar-refractivity contribution is 6.33. The maximum absolute atomic E-state index is 14.4. The van der Waals surface area contributed by atoms with Gasteiger partial charge in [0.1, 0.15) is 11.7 Å². The van der Waals surface area contributed by atoms with E-state index in [4.69, 9.17) is 22.3 Å². The molecule has 0 aliphatic heterocycles. The molecule has 214 valence electrons. The van der Waals surface area contributed by atoms with Gasteiger partial charge < -0.3 is 32.3 Å². The number of nitrogens with zero attached hydrogens (tertiary/aromatic N) is 3. The number of Topliss-reactive ketones (excluding diaryl/α,β-unsaturated/α-hetero) is 4. The number of carboxylic acid groups (broad SMARTS) is 1. The van der Waals surface area contributed by atoms with E-state index < -0.39 is 81.6 Å². The predicted molar refractivity (Wildman–Crippen MR) is 140 cm³/mol. The Labute approximate surface area is 234 Å². The molecule has 3 aliphatic rings. The molecule has 14 heteroatoms. The van der Waals surface area contributed by atoms with E-state index in [1.807, 2.05) is 5.92 Å². The Hall–Kier alpha value is -4.63. The molecule has 0 saturated heterocycles. The van der Waals surface area contributed by atoms with Crippen LogP contribution in [0.15, 0.2) is 6.07 Å². The van der Waals surface area contributed by atoms with E-state index in [0.717, 1.165) is 0 Å². The summed E-state index contributed by atoms with van der Waals surface area (Å²) >= 11 is 0. The lowest BCUT2D eigenvalue weighted by Gasteiger charge is -2.60. The van der Waals surface area contributed by atoms with Crippen LogP contribution in [-0.2, 0) is 30.4 Å². The Morgan fingerprint density at radius 2 is 1.71 bits per heavy atom. The summed E-state index contributed by atoms with van der Waals surface area (Å²) in [7, 11) is 6.05. The molecule has 6 atom stereocenters. The third kappa shape index (κ3) is 3.69. The number of carbonyl (C=O) groups excluding carboxylic acids is 5. The molecule has 8 N–H and O–H groups in total. The van der Waals surface area contributed by atoms with Crippen LogP contribution in [0.4, 0.5) is 5.69 Å². The molecule has 1 amide bonds. The topological polar surface area (TPSA) is 251 Å². The van der Waals surface area contributed by atoms with Crippen LogP contribution < -0.4 is 22.1 Å². The Morgan fingerprint density at radius 3 is 2.20 bits per heavy atom. The zero-order chi connectivity index (χ0) is 31.0. The first-order valence-corrected chi connectivity index (χ1v) is 12.3. The highest BCUT2D eigenvalue weighted by Gasteiger charge is 2.78. The molecule has 0 radical (unpaired) electrons. The lowest BCUT2D eigenvalue weighted by molar-refractivity contribution is -0.166. The molecule has 0 spiro atoms. The number of nitrogens with two attached hydrogens (primary N) is 3. The third-order valence-electron chi connectivity index (χ3n) is 8.35. The number of benzene rings is 1. The van der Waals surface area contributed by atoms with Crippen molar-refractivity contribution in [1.29, 1.82) is 5.26 Å². The first-order chi connectivity index (χ1) is 18.9. The number of fused-ring (bicyclic) bond motifs is 3. The summed E-state index contributed by atoms with van der Waals surface area (Å²) in [6, 6.07) is 1.48. The van der Waals surface area contributed by atoms with Crippen LogP contribution in [-0.4, -0.2) is 95.4 Å². The molecular formula is C27H28N6O8. The fourth-order valence-corrected chi connectivity index (χ4v) is 6.87. The monoisotopic (exact) mass is 564 g/mol. The van der Waals surface area contributed by atoms with Crippen LogP contribution in [0.5, 0.6) is 5.75 Å². The van der Waals surface area contributed by atoms with Gasteiger partial charge in [0.05, 0.1) is 28.8 Å². The van der Waals surface area contributed by atoms with Gasteiger partial charge in [0.25, 0.3) is 0 Å². The predicted octanol–water partition coefficient (Wildman–Crippen LogP) is -2.69. The largest absolute Gasteiger partial charge is 0.506 e. The summed E-state index contributed by atoms with van der Waals surface area (Å²) in [5.41, 5.74) is 11.9. The van der Waals surface area contributed by atoms with Gasteiger partial charge in [-0.05, 0) is 38.6 Å². The number of amides is 1. The van der Waals surface area contributed by atoms with Crippen molar-refractivity contribution in [3.63, 3.8) is 0 Å². The standard InChI is InChI=1S/C27H28N6O8/c1-32(2)13-7-11(5-6-14(34)35)18(36)15-12(13)8-25(30)9-27(31)21(33(3)4)20(38)16(24(29)41)22(39)26(27,10-28)23(40)17(25)19(15)37/h7,16-17,21,36H,8-9,30-31H2,1-4H3,(H2,29,41)(H,34,35)/t16?,17?,21-,25-,26+,27-/m1/s1. The summed E-state index contributed by atoms with van der Waals surface area (Å²) in [5, 5.41) is 30.5. The minimum atomic E-state index is -2.86. The molecule has 2 saturated carbocycles. The number of ketones is 4. The minimum Gasteiger partial charge on any atom is -0.506 e. The van der Waals surface area contributed by atoms with E-state index >= 15 is 0 Å². The van der Waals surface area contributed by atoms with Gasteiger partial charge in [0.2, 0.25) is 5.91 Å². The van der Waals surface area contributed by atoms with Gasteiger partial charge in [0, 0.05) is 31.2 Å². The van der Waals surface area contributed by atoms with Crippen molar-refractivity contribution in [3.05, 3.63) is 22.8 Å². The number of phenolic OH excluding ortho intramolecular Hbond substituents is 1. The zero-order valence-corrected chi connectivity index (χ0v) is 22.6. The minimum absolute atomic E-state index is 0.197. The fourth-order valence-electron chi connectivity index (χ4n) is 6.87. The summed E-state index contributed by atoms with van der Waals surface area (Å²) in [5.74, 6) is -8.30. The molecule has 1 aromatic carbocycles. The summed E-state index contributed by atoms with van der Waals surface area (Å²) < 4.78 is 0. The number of anilines is 1. The van der Waals surface area contributed by atoms with E-state index in [0.29, 0.717) is 5.69 Å². The van der Waals surface area contributed by atoms with Crippen LogP contribution in [0.3, 0.4) is 0 Å². The van der Waals surface area contributed by atoms with Crippen molar-refractivity contribution < 1.29 is 39.0 Å². The van der Waals surface area contributed by atoms with Crippen LogP contribution >= 0.6 is 0 Å². The molecular weight excluding hydrogens is 536 g/mol. The lowest BCUT2D eigenvalue weighted by atomic mass is 9.42. The lowest BCUT2D eigenvalue weighted by Crippen LogP contribution is -2.85. The average molecular weight is 565 g/mol. The number of carboxylic acids is 1. The molecule has 2 fully saturated rings. The molecule has 0 bridgehead atoms. The number of carbonyl (C=O) groups is 6. The highest BCUT2D eigenvalue weighted by Crippen LogP contribution is 2.57. The van der Waals surface area contributed by atoms with Crippen molar-refractivity contribution in [3.8, 4) is 23.7 Å². The van der Waals surface area contributed by atoms with Crippen molar-refractivity contribution in [2.24, 2.45) is 34.5 Å². The van der Waals surface area contributed by atoms with E-state index in [2.05, 4.69) is 5.92 Å².